The molecule has 2 aromatic carbocycles. The van der Waals surface area contributed by atoms with Gasteiger partial charge in [0.25, 0.3) is 5.91 Å². The summed E-state index contributed by atoms with van der Waals surface area (Å²) in [5, 5.41) is 4.33. The first-order chi connectivity index (χ1) is 16.7. The lowest BCUT2D eigenvalue weighted by molar-refractivity contribution is -0.112. The zero-order valence-corrected chi connectivity index (χ0v) is 19.9. The topological polar surface area (TPSA) is 111 Å². The number of piperidine rings is 1. The van der Waals surface area contributed by atoms with E-state index in [2.05, 4.69) is 10.1 Å². The number of carbonyl (C=O) groups excluding carboxylic acids is 1. The van der Waals surface area contributed by atoms with Gasteiger partial charge in [-0.1, -0.05) is 23.8 Å². The highest BCUT2D eigenvalue weighted by Crippen LogP contribution is 2.26. The third-order valence-corrected chi connectivity index (χ3v) is 7.65. The van der Waals surface area contributed by atoms with Crippen LogP contribution >= 0.6 is 0 Å². The Labute approximate surface area is 202 Å². The highest BCUT2D eigenvalue weighted by molar-refractivity contribution is 7.89. The number of sulfonamides is 1. The summed E-state index contributed by atoms with van der Waals surface area (Å²) in [5.41, 5.74) is 7.88. The van der Waals surface area contributed by atoms with Gasteiger partial charge in [0.1, 0.15) is 19.2 Å². The summed E-state index contributed by atoms with van der Waals surface area (Å²) in [6, 6.07) is 11.1. The SMILES string of the molecule is Cc1cc(CF)cc(-c2ncn(/C=C(/C(N)=O)c3cccc(S(=O)(=O)N4CCC(F)CC4)c3)n2)c1. The fraction of sp³-hybridized carbons (Fsp3) is 0.292. The number of primary amides is 1. The number of nitrogens with two attached hydrogens (primary N) is 1. The average molecular weight is 502 g/mol. The number of halogens is 2. The molecule has 11 heteroatoms. The Morgan fingerprint density at radius 2 is 1.94 bits per heavy atom. The number of nitrogens with zero attached hydrogens (tertiary/aromatic N) is 4. The molecule has 8 nitrogen and oxygen atoms in total. The van der Waals surface area contributed by atoms with Crippen molar-refractivity contribution in [2.75, 3.05) is 13.1 Å². The number of aromatic nitrogens is 3. The van der Waals surface area contributed by atoms with Gasteiger partial charge >= 0.3 is 0 Å². The lowest BCUT2D eigenvalue weighted by Crippen LogP contribution is -2.39. The molecule has 0 aliphatic carbocycles. The first-order valence-corrected chi connectivity index (χ1v) is 12.5. The Morgan fingerprint density at radius 3 is 2.63 bits per heavy atom. The summed E-state index contributed by atoms with van der Waals surface area (Å²) in [6.45, 7) is 1.41. The summed E-state index contributed by atoms with van der Waals surface area (Å²) >= 11 is 0. The second-order valence-electron chi connectivity index (χ2n) is 8.40. The van der Waals surface area contributed by atoms with Crippen LogP contribution in [0.5, 0.6) is 0 Å². The molecule has 1 fully saturated rings. The largest absolute Gasteiger partial charge is 0.366 e. The summed E-state index contributed by atoms with van der Waals surface area (Å²) in [7, 11) is -3.86. The zero-order chi connectivity index (χ0) is 25.2. The molecule has 2 heterocycles. The Morgan fingerprint density at radius 1 is 1.20 bits per heavy atom. The molecule has 4 rings (SSSR count). The quantitative estimate of drug-likeness (QED) is 0.499. The molecule has 1 aliphatic heterocycles. The molecule has 1 saturated heterocycles. The van der Waals surface area contributed by atoms with E-state index in [-0.39, 0.29) is 42.0 Å². The van der Waals surface area contributed by atoms with Gasteiger partial charge in [-0.05, 0) is 55.2 Å². The van der Waals surface area contributed by atoms with Gasteiger partial charge in [0, 0.05) is 24.9 Å². The van der Waals surface area contributed by atoms with Crippen LogP contribution in [-0.4, -0.2) is 52.7 Å². The third kappa shape index (κ3) is 5.46. The highest BCUT2D eigenvalue weighted by atomic mass is 32.2. The van der Waals surface area contributed by atoms with Crippen LogP contribution in [0, 0.1) is 6.92 Å². The van der Waals surface area contributed by atoms with E-state index in [1.165, 1.54) is 39.7 Å². The number of amides is 1. The van der Waals surface area contributed by atoms with Gasteiger partial charge < -0.3 is 5.73 Å². The standard InChI is InChI=1S/C24H25F2N5O3S/c1-16-9-17(13-25)11-19(10-16)24-28-15-30(29-24)14-22(23(27)32)18-3-2-4-21(12-18)35(33,34)31-7-5-20(26)6-8-31/h2-4,9-12,14-15,20H,5-8,13H2,1H3,(H2,27,32)/b22-14+. The molecular weight excluding hydrogens is 476 g/mol. The maximum atomic E-state index is 13.5. The number of rotatable bonds is 7. The number of benzene rings is 2. The van der Waals surface area contributed by atoms with Gasteiger partial charge in [-0.15, -0.1) is 5.10 Å². The molecule has 184 valence electrons. The number of hydrogen-bond donors (Lipinski definition) is 1. The van der Waals surface area contributed by atoms with Crippen molar-refractivity contribution in [2.24, 2.45) is 5.73 Å². The molecule has 35 heavy (non-hydrogen) atoms. The average Bonchev–Trinajstić information content (AvgIpc) is 3.31. The minimum absolute atomic E-state index is 0.0164. The van der Waals surface area contributed by atoms with E-state index in [1.54, 1.807) is 18.2 Å². The van der Waals surface area contributed by atoms with E-state index in [0.717, 1.165) is 5.56 Å². The second kappa shape index (κ2) is 10.0. The van der Waals surface area contributed by atoms with Crippen LogP contribution in [0.1, 0.15) is 29.5 Å². The maximum absolute atomic E-state index is 13.5. The van der Waals surface area contributed by atoms with Crippen LogP contribution in [0.2, 0.25) is 0 Å². The Hall–Kier alpha value is -3.44. The Bertz CT molecular complexity index is 1380. The smallest absolute Gasteiger partial charge is 0.250 e. The molecule has 1 aliphatic rings. The van der Waals surface area contributed by atoms with Crippen LogP contribution in [0.3, 0.4) is 0 Å². The molecule has 0 spiro atoms. The van der Waals surface area contributed by atoms with Crippen molar-refractivity contribution in [3.63, 3.8) is 0 Å². The Balaban J connectivity index is 1.66. The lowest BCUT2D eigenvalue weighted by atomic mass is 10.1. The first kappa shape index (κ1) is 24.7. The highest BCUT2D eigenvalue weighted by Gasteiger charge is 2.29. The van der Waals surface area contributed by atoms with Crippen molar-refractivity contribution in [2.45, 2.75) is 37.5 Å². The predicted molar refractivity (Wildman–Crippen MR) is 128 cm³/mol. The predicted octanol–water partition coefficient (Wildman–Crippen LogP) is 3.33. The minimum atomic E-state index is -3.86. The second-order valence-corrected chi connectivity index (χ2v) is 10.3. The molecule has 0 unspecified atom stereocenters. The molecule has 0 bridgehead atoms. The lowest BCUT2D eigenvalue weighted by Gasteiger charge is -2.28. The normalized spacial score (nSPS) is 15.9. The molecular formula is C24H25F2N5O3S. The van der Waals surface area contributed by atoms with Crippen LogP contribution in [0.25, 0.3) is 23.2 Å². The van der Waals surface area contributed by atoms with Crippen LogP contribution in [0.15, 0.2) is 53.7 Å². The summed E-state index contributed by atoms with van der Waals surface area (Å²) in [4.78, 5) is 16.5. The van der Waals surface area contributed by atoms with Crippen LogP contribution < -0.4 is 5.73 Å². The van der Waals surface area contributed by atoms with Crippen LogP contribution in [-0.2, 0) is 21.5 Å². The number of aryl methyl sites for hydroxylation is 1. The monoisotopic (exact) mass is 501 g/mol. The van der Waals surface area contributed by atoms with E-state index in [4.69, 9.17) is 5.73 Å². The van der Waals surface area contributed by atoms with Crippen molar-refractivity contribution in [3.05, 3.63) is 65.5 Å². The minimum Gasteiger partial charge on any atom is -0.366 e. The van der Waals surface area contributed by atoms with Gasteiger partial charge in [-0.3, -0.25) is 4.79 Å². The summed E-state index contributed by atoms with van der Waals surface area (Å²) in [6.07, 6.45) is 2.01. The number of alkyl halides is 2. The first-order valence-electron chi connectivity index (χ1n) is 11.0. The number of hydrogen-bond acceptors (Lipinski definition) is 5. The van der Waals surface area contributed by atoms with Gasteiger partial charge in [0.2, 0.25) is 10.0 Å². The fourth-order valence-corrected chi connectivity index (χ4v) is 5.50. The van der Waals surface area contributed by atoms with E-state index >= 15 is 0 Å². The van der Waals surface area contributed by atoms with E-state index in [0.29, 0.717) is 17.0 Å². The van der Waals surface area contributed by atoms with Crippen molar-refractivity contribution >= 4 is 27.7 Å². The summed E-state index contributed by atoms with van der Waals surface area (Å²) in [5.74, 6) is -0.457. The van der Waals surface area contributed by atoms with Crippen molar-refractivity contribution in [1.82, 2.24) is 19.1 Å². The summed E-state index contributed by atoms with van der Waals surface area (Å²) < 4.78 is 55.2. The zero-order valence-electron chi connectivity index (χ0n) is 19.1. The van der Waals surface area contributed by atoms with E-state index in [9.17, 15) is 22.0 Å². The Kier molecular flexibility index (Phi) is 7.08. The molecule has 1 amide bonds. The molecule has 2 N–H and O–H groups in total. The van der Waals surface area contributed by atoms with Gasteiger partial charge in [0.15, 0.2) is 5.82 Å². The van der Waals surface area contributed by atoms with Gasteiger partial charge in [-0.2, -0.15) is 4.31 Å². The molecule has 0 radical (unpaired) electrons. The van der Waals surface area contributed by atoms with Gasteiger partial charge in [0.05, 0.1) is 10.5 Å². The van der Waals surface area contributed by atoms with Crippen molar-refractivity contribution < 1.29 is 22.0 Å². The van der Waals surface area contributed by atoms with E-state index in [1.807, 2.05) is 13.0 Å². The van der Waals surface area contributed by atoms with E-state index < -0.39 is 28.8 Å². The van der Waals surface area contributed by atoms with Crippen molar-refractivity contribution in [1.29, 1.82) is 0 Å². The van der Waals surface area contributed by atoms with Crippen LogP contribution in [0.4, 0.5) is 8.78 Å². The molecule has 0 atom stereocenters. The number of carbonyl (C=O) groups is 1. The van der Waals surface area contributed by atoms with Crippen molar-refractivity contribution in [3.8, 4) is 11.4 Å². The molecule has 0 saturated carbocycles. The van der Waals surface area contributed by atoms with Gasteiger partial charge in [-0.25, -0.2) is 26.9 Å². The molecule has 3 aromatic rings. The molecule has 1 aromatic heterocycles. The maximum Gasteiger partial charge on any atom is 0.250 e. The third-order valence-electron chi connectivity index (χ3n) is 5.75. The fourth-order valence-electron chi connectivity index (χ4n) is 3.99.